The maximum absolute atomic E-state index is 13.2. The number of hydrazone groups is 1. The van der Waals surface area contributed by atoms with Crippen LogP contribution in [-0.4, -0.2) is 40.2 Å². The summed E-state index contributed by atoms with van der Waals surface area (Å²) in [7, 11) is 0. The van der Waals surface area contributed by atoms with Crippen molar-refractivity contribution < 1.29 is 14.0 Å². The molecule has 4 rings (SSSR count). The van der Waals surface area contributed by atoms with Gasteiger partial charge < -0.3 is 14.3 Å². The zero-order valence-corrected chi connectivity index (χ0v) is 17.6. The predicted octanol–water partition coefficient (Wildman–Crippen LogP) is 3.51. The summed E-state index contributed by atoms with van der Waals surface area (Å²) in [5.41, 5.74) is 2.22. The van der Waals surface area contributed by atoms with Crippen molar-refractivity contribution in [2.45, 2.75) is 33.7 Å². The molecule has 0 unspecified atom stereocenters. The van der Waals surface area contributed by atoms with Crippen LogP contribution in [0.4, 0.5) is 0 Å². The van der Waals surface area contributed by atoms with E-state index in [1.54, 1.807) is 17.6 Å². The first kappa shape index (κ1) is 19.4. The third kappa shape index (κ3) is 3.98. The molecule has 3 aromatic heterocycles. The standard InChI is InChI=1S/C21H24N4O3S/c1-21(2,3)18-12-24-15-7-10-29-17(15)11-16(24)20(27)25(23-18)13-19(26)22-8-6-14-5-4-9-28-14/h4-5,7,9-11H,6,8,12-13H2,1-3H3,(H,22,26). The summed E-state index contributed by atoms with van der Waals surface area (Å²) in [6.07, 6.45) is 2.21. The van der Waals surface area contributed by atoms with E-state index >= 15 is 0 Å². The molecule has 1 aliphatic heterocycles. The molecule has 0 bridgehead atoms. The zero-order chi connectivity index (χ0) is 20.6. The summed E-state index contributed by atoms with van der Waals surface area (Å²) in [6, 6.07) is 7.60. The number of carbonyl (C=O) groups excluding carboxylic acids is 2. The van der Waals surface area contributed by atoms with Gasteiger partial charge in [0, 0.05) is 18.4 Å². The van der Waals surface area contributed by atoms with Crippen molar-refractivity contribution in [3.05, 3.63) is 47.4 Å². The number of furan rings is 1. The number of amides is 2. The molecule has 0 saturated carbocycles. The van der Waals surface area contributed by atoms with Crippen molar-refractivity contribution >= 4 is 39.1 Å². The van der Waals surface area contributed by atoms with Gasteiger partial charge in [0.25, 0.3) is 5.91 Å². The topological polar surface area (TPSA) is 79.8 Å². The van der Waals surface area contributed by atoms with Crippen LogP contribution in [0.15, 0.2) is 45.4 Å². The number of thiophene rings is 1. The van der Waals surface area contributed by atoms with Crippen LogP contribution < -0.4 is 5.32 Å². The summed E-state index contributed by atoms with van der Waals surface area (Å²) >= 11 is 1.60. The Hall–Kier alpha value is -2.87. The molecule has 0 aliphatic carbocycles. The third-order valence-electron chi connectivity index (χ3n) is 4.96. The van der Waals surface area contributed by atoms with Crippen LogP contribution in [0.25, 0.3) is 10.2 Å². The van der Waals surface area contributed by atoms with Crippen molar-refractivity contribution in [2.75, 3.05) is 13.1 Å². The largest absolute Gasteiger partial charge is 0.469 e. The van der Waals surface area contributed by atoms with Gasteiger partial charge in [-0.3, -0.25) is 9.59 Å². The summed E-state index contributed by atoms with van der Waals surface area (Å²) in [6.45, 7) is 7.05. The van der Waals surface area contributed by atoms with Crippen molar-refractivity contribution in [2.24, 2.45) is 10.5 Å². The van der Waals surface area contributed by atoms with E-state index < -0.39 is 0 Å². The Morgan fingerprint density at radius 2 is 2.17 bits per heavy atom. The average Bonchev–Trinajstić information content (AvgIpc) is 3.35. The van der Waals surface area contributed by atoms with Gasteiger partial charge in [-0.15, -0.1) is 11.3 Å². The smallest absolute Gasteiger partial charge is 0.291 e. The quantitative estimate of drug-likeness (QED) is 0.696. The monoisotopic (exact) mass is 412 g/mol. The van der Waals surface area contributed by atoms with Gasteiger partial charge in [0.05, 0.1) is 28.7 Å². The van der Waals surface area contributed by atoms with Crippen LogP contribution >= 0.6 is 11.3 Å². The maximum Gasteiger partial charge on any atom is 0.291 e. The number of aromatic nitrogens is 1. The molecule has 0 saturated heterocycles. The molecule has 4 heterocycles. The predicted molar refractivity (Wildman–Crippen MR) is 113 cm³/mol. The van der Waals surface area contributed by atoms with E-state index in [0.29, 0.717) is 25.2 Å². The Kier molecular flexibility index (Phi) is 5.04. The molecule has 1 N–H and O–H groups in total. The Balaban J connectivity index is 1.55. The van der Waals surface area contributed by atoms with Crippen molar-refractivity contribution in [1.82, 2.24) is 14.9 Å². The van der Waals surface area contributed by atoms with Gasteiger partial charge in [-0.25, -0.2) is 5.01 Å². The first-order valence-corrected chi connectivity index (χ1v) is 10.5. The van der Waals surface area contributed by atoms with Gasteiger partial charge >= 0.3 is 0 Å². The number of hydrogen-bond acceptors (Lipinski definition) is 5. The lowest BCUT2D eigenvalue weighted by molar-refractivity contribution is -0.121. The molecule has 29 heavy (non-hydrogen) atoms. The molecule has 8 heteroatoms. The van der Waals surface area contributed by atoms with E-state index in [1.165, 1.54) is 5.01 Å². The van der Waals surface area contributed by atoms with E-state index in [1.807, 2.05) is 34.2 Å². The fourth-order valence-electron chi connectivity index (χ4n) is 3.30. The van der Waals surface area contributed by atoms with E-state index in [-0.39, 0.29) is 23.8 Å². The van der Waals surface area contributed by atoms with Crippen molar-refractivity contribution in [3.63, 3.8) is 0 Å². The first-order chi connectivity index (χ1) is 13.8. The lowest BCUT2D eigenvalue weighted by Crippen LogP contribution is -2.39. The molecule has 0 fully saturated rings. The molecule has 7 nitrogen and oxygen atoms in total. The normalized spacial score (nSPS) is 14.7. The van der Waals surface area contributed by atoms with E-state index in [4.69, 9.17) is 4.42 Å². The molecule has 0 aromatic carbocycles. The molecule has 0 radical (unpaired) electrons. The molecule has 0 spiro atoms. The highest BCUT2D eigenvalue weighted by Gasteiger charge is 2.31. The van der Waals surface area contributed by atoms with Crippen LogP contribution in [0.5, 0.6) is 0 Å². The minimum absolute atomic E-state index is 0.116. The number of carbonyl (C=O) groups is 2. The molecular weight excluding hydrogens is 388 g/mol. The summed E-state index contributed by atoms with van der Waals surface area (Å²) in [5, 5.41) is 10.8. The number of nitrogens with one attached hydrogen (secondary N) is 1. The summed E-state index contributed by atoms with van der Waals surface area (Å²) < 4.78 is 8.34. The Labute approximate surface area is 173 Å². The summed E-state index contributed by atoms with van der Waals surface area (Å²) in [5.74, 6) is 0.305. The van der Waals surface area contributed by atoms with Crippen LogP contribution in [0.2, 0.25) is 0 Å². The second-order valence-corrected chi connectivity index (χ2v) is 9.07. The fraction of sp³-hybridized carbons (Fsp3) is 0.381. The minimum Gasteiger partial charge on any atom is -0.469 e. The van der Waals surface area contributed by atoms with Crippen LogP contribution in [-0.2, 0) is 17.8 Å². The van der Waals surface area contributed by atoms with Gasteiger partial charge in [-0.05, 0) is 29.6 Å². The molecule has 2 amide bonds. The third-order valence-corrected chi connectivity index (χ3v) is 5.81. The zero-order valence-electron chi connectivity index (χ0n) is 16.8. The van der Waals surface area contributed by atoms with Gasteiger partial charge in [0.1, 0.15) is 18.0 Å². The van der Waals surface area contributed by atoms with Gasteiger partial charge in [-0.2, -0.15) is 5.10 Å². The number of hydrogen-bond donors (Lipinski definition) is 1. The highest BCUT2D eigenvalue weighted by molar-refractivity contribution is 7.17. The fourth-order valence-corrected chi connectivity index (χ4v) is 4.12. The maximum atomic E-state index is 13.2. The van der Waals surface area contributed by atoms with Crippen LogP contribution in [0, 0.1) is 5.41 Å². The number of nitrogens with zero attached hydrogens (tertiary/aromatic N) is 3. The first-order valence-electron chi connectivity index (χ1n) is 9.58. The highest BCUT2D eigenvalue weighted by atomic mass is 32.1. The van der Waals surface area contributed by atoms with Gasteiger partial charge in [0.15, 0.2) is 0 Å². The van der Waals surface area contributed by atoms with E-state index in [2.05, 4.69) is 31.2 Å². The van der Waals surface area contributed by atoms with E-state index in [9.17, 15) is 9.59 Å². The van der Waals surface area contributed by atoms with Gasteiger partial charge in [-0.1, -0.05) is 20.8 Å². The lowest BCUT2D eigenvalue weighted by atomic mass is 9.90. The Bertz CT molecular complexity index is 1070. The molecule has 1 aliphatic rings. The Morgan fingerprint density at radius 3 is 2.90 bits per heavy atom. The average molecular weight is 413 g/mol. The highest BCUT2D eigenvalue weighted by Crippen LogP contribution is 2.30. The van der Waals surface area contributed by atoms with Crippen molar-refractivity contribution in [3.8, 4) is 0 Å². The number of rotatable bonds is 5. The van der Waals surface area contributed by atoms with Crippen LogP contribution in [0.3, 0.4) is 0 Å². The van der Waals surface area contributed by atoms with E-state index in [0.717, 1.165) is 21.7 Å². The lowest BCUT2D eigenvalue weighted by Gasteiger charge is -2.23. The molecule has 0 atom stereocenters. The van der Waals surface area contributed by atoms with Crippen LogP contribution in [0.1, 0.15) is 37.0 Å². The summed E-state index contributed by atoms with van der Waals surface area (Å²) in [4.78, 5) is 25.7. The minimum atomic E-state index is -0.256. The second-order valence-electron chi connectivity index (χ2n) is 8.12. The molecule has 3 aromatic rings. The second kappa shape index (κ2) is 7.51. The van der Waals surface area contributed by atoms with Gasteiger partial charge in [0.2, 0.25) is 5.91 Å². The number of fused-ring (bicyclic) bond motifs is 3. The molecule has 152 valence electrons. The molecular formula is C21H24N4O3S. The SMILES string of the molecule is CC(C)(C)C1=NN(CC(=O)NCCc2ccco2)C(=O)c2cc3sccc3n2C1. The van der Waals surface area contributed by atoms with Crippen molar-refractivity contribution in [1.29, 1.82) is 0 Å². The Morgan fingerprint density at radius 1 is 1.34 bits per heavy atom.